The number of benzene rings is 1. The Hall–Kier alpha value is -3.47. The second-order valence-corrected chi connectivity index (χ2v) is 8.02. The molecule has 3 atom stereocenters. The number of nitroso groups, excluding NO2 is 1. The van der Waals surface area contributed by atoms with Crippen LogP contribution in [0.3, 0.4) is 0 Å². The molecular weight excluding hydrogens is 418 g/mol. The maximum atomic E-state index is 13.4. The average Bonchev–Trinajstić information content (AvgIpc) is 2.86. The number of anilines is 1. The lowest BCUT2D eigenvalue weighted by Gasteiger charge is -2.25. The number of nitrogens with two attached hydrogens (primary N) is 1. The largest absolute Gasteiger partial charge is 0.494 e. The summed E-state index contributed by atoms with van der Waals surface area (Å²) < 4.78 is 0. The zero-order chi connectivity index (χ0) is 24.2. The highest BCUT2D eigenvalue weighted by molar-refractivity contribution is 6.17. The molecule has 171 valence electrons. The molecule has 1 aromatic rings. The van der Waals surface area contributed by atoms with Crippen molar-refractivity contribution < 1.29 is 24.0 Å². The molecule has 0 saturated heterocycles. The first-order chi connectivity index (χ1) is 15.0. The molecule has 4 N–H and O–H groups in total. The van der Waals surface area contributed by atoms with Crippen molar-refractivity contribution in [3.8, 4) is 0 Å². The van der Waals surface area contributed by atoms with E-state index in [9.17, 15) is 28.9 Å². The highest BCUT2D eigenvalue weighted by atomic mass is 16.3. The fraction of sp³-hybridized carbons (Fsp3) is 0.476. The van der Waals surface area contributed by atoms with E-state index in [2.05, 4.69) is 15.9 Å². The van der Waals surface area contributed by atoms with Crippen LogP contribution < -0.4 is 26.7 Å². The number of nitrogens with one attached hydrogen (secondary N) is 2. The summed E-state index contributed by atoms with van der Waals surface area (Å²) in [6.07, 6.45) is -0.394. The monoisotopic (exact) mass is 445 g/mol. The van der Waals surface area contributed by atoms with Gasteiger partial charge in [0.05, 0.1) is 17.6 Å². The van der Waals surface area contributed by atoms with Crippen LogP contribution in [0.5, 0.6) is 0 Å². The lowest BCUT2D eigenvalue weighted by Crippen LogP contribution is -2.54. The Kier molecular flexibility index (Phi) is 7.92. The Morgan fingerprint density at radius 1 is 1.03 bits per heavy atom. The maximum absolute atomic E-state index is 13.4. The number of nitrogens with zero attached hydrogens (tertiary/aromatic N) is 2. The number of hydrogen-bond acceptors (Lipinski definition) is 8. The van der Waals surface area contributed by atoms with Gasteiger partial charge >= 0.3 is 5.29 Å². The minimum absolute atomic E-state index is 0.0258. The summed E-state index contributed by atoms with van der Waals surface area (Å²) in [6, 6.07) is 1.40. The molecule has 1 aliphatic heterocycles. The highest BCUT2D eigenvalue weighted by Gasteiger charge is 2.39. The van der Waals surface area contributed by atoms with Crippen molar-refractivity contribution >= 4 is 35.0 Å². The smallest absolute Gasteiger partial charge is 0.344 e. The number of carbonyl (C=O) groups excluding carboxylic acids is 5. The Morgan fingerprint density at radius 2 is 1.69 bits per heavy atom. The van der Waals surface area contributed by atoms with Crippen molar-refractivity contribution in [1.82, 2.24) is 15.9 Å². The lowest BCUT2D eigenvalue weighted by molar-refractivity contribution is -0.129. The van der Waals surface area contributed by atoms with Crippen LogP contribution in [0, 0.1) is 10.8 Å². The number of hydrogen-bond donors (Lipinski definition) is 3. The molecule has 0 aromatic heterocycles. The minimum Gasteiger partial charge on any atom is -0.344 e. The topological polar surface area (TPSA) is 170 Å². The van der Waals surface area contributed by atoms with Crippen LogP contribution in [0.4, 0.5) is 5.69 Å². The molecule has 0 unspecified atom stereocenters. The fourth-order valence-electron chi connectivity index (χ4n) is 3.28. The number of amides is 3. The molecule has 0 aliphatic carbocycles. The van der Waals surface area contributed by atoms with E-state index in [1.165, 1.54) is 32.0 Å². The van der Waals surface area contributed by atoms with Crippen molar-refractivity contribution in [3.05, 3.63) is 34.2 Å². The number of ketones is 2. The normalized spacial score (nSPS) is 16.5. The standard InChI is InChI=1S/C21H27N5O6/c1-10(2)18(24-21(31)12(4)23-20(30)11(3)22)19(29)13-6-5-7-14-17(13)15(27)8-9-16(28)26(14)25-32/h5-7,10-12,18H,8-9,22H2,1-4H3,(H,23,30)(H,24,31)/q+1/t11-,12-,18-/m0/s1. The van der Waals surface area contributed by atoms with Gasteiger partial charge in [-0.25, -0.2) is 0 Å². The SMILES string of the molecule is CC(C)[C@H](NC(=O)[C@H](C)NC(=O)[C@H](C)N)C(=O)c1cccc2c1C(=O)CCC(=O)N2[N+]=O. The Balaban J connectivity index is 2.39. The van der Waals surface area contributed by atoms with Crippen LogP contribution in [-0.2, 0) is 14.4 Å². The van der Waals surface area contributed by atoms with Gasteiger partial charge in [0.2, 0.25) is 11.8 Å². The average molecular weight is 445 g/mol. The summed E-state index contributed by atoms with van der Waals surface area (Å²) >= 11 is 0. The van der Waals surface area contributed by atoms with E-state index in [1.54, 1.807) is 13.8 Å². The zero-order valence-electron chi connectivity index (χ0n) is 18.4. The van der Waals surface area contributed by atoms with E-state index in [1.807, 2.05) is 0 Å². The third kappa shape index (κ3) is 5.22. The molecule has 1 aliphatic rings. The Bertz CT molecular complexity index is 958. The van der Waals surface area contributed by atoms with Crippen LogP contribution in [0.2, 0.25) is 0 Å². The van der Waals surface area contributed by atoms with Gasteiger partial charge in [0.25, 0.3) is 5.91 Å². The van der Waals surface area contributed by atoms with Gasteiger partial charge < -0.3 is 16.4 Å². The van der Waals surface area contributed by atoms with E-state index < -0.39 is 47.4 Å². The number of rotatable bonds is 8. The molecule has 1 aromatic carbocycles. The number of carbonyl (C=O) groups is 5. The molecule has 2 rings (SSSR count). The molecule has 11 heteroatoms. The first kappa shape index (κ1) is 24.8. The first-order valence-corrected chi connectivity index (χ1v) is 10.2. The molecule has 32 heavy (non-hydrogen) atoms. The molecule has 0 bridgehead atoms. The van der Waals surface area contributed by atoms with Crippen LogP contribution in [0.1, 0.15) is 61.3 Å². The maximum Gasteiger partial charge on any atom is 0.494 e. The van der Waals surface area contributed by atoms with Gasteiger partial charge in [-0.2, -0.15) is 0 Å². The zero-order valence-corrected chi connectivity index (χ0v) is 18.4. The van der Waals surface area contributed by atoms with Gasteiger partial charge in [0, 0.05) is 23.4 Å². The lowest BCUT2D eigenvalue weighted by atomic mass is 9.89. The van der Waals surface area contributed by atoms with E-state index in [0.717, 1.165) is 0 Å². The second kappa shape index (κ2) is 10.2. The summed E-state index contributed by atoms with van der Waals surface area (Å²) in [5, 5.41) is 8.35. The quantitative estimate of drug-likeness (QED) is 0.479. The summed E-state index contributed by atoms with van der Waals surface area (Å²) in [6.45, 7) is 6.34. The highest BCUT2D eigenvalue weighted by Crippen LogP contribution is 2.30. The molecule has 1 radical (unpaired) electrons. The third-order valence-corrected chi connectivity index (χ3v) is 5.11. The summed E-state index contributed by atoms with van der Waals surface area (Å²) in [4.78, 5) is 73.8. The van der Waals surface area contributed by atoms with Gasteiger partial charge in [-0.3, -0.25) is 24.0 Å². The molecule has 3 amide bonds. The van der Waals surface area contributed by atoms with Crippen molar-refractivity contribution in [1.29, 1.82) is 0 Å². The van der Waals surface area contributed by atoms with Gasteiger partial charge in [-0.05, 0) is 25.8 Å². The van der Waals surface area contributed by atoms with E-state index in [4.69, 9.17) is 5.73 Å². The van der Waals surface area contributed by atoms with Crippen LogP contribution in [0.25, 0.3) is 0 Å². The third-order valence-electron chi connectivity index (χ3n) is 5.11. The fourth-order valence-corrected chi connectivity index (χ4v) is 3.28. The predicted octanol–water partition coefficient (Wildman–Crippen LogP) is 0.189. The summed E-state index contributed by atoms with van der Waals surface area (Å²) in [5.74, 6) is -3.19. The predicted molar refractivity (Wildman–Crippen MR) is 115 cm³/mol. The van der Waals surface area contributed by atoms with Gasteiger partial charge in [-0.1, -0.05) is 26.0 Å². The number of Topliss-reactive ketones (excluding diaryl/α,β-unsaturated/α-hetero) is 2. The van der Waals surface area contributed by atoms with Crippen LogP contribution >= 0.6 is 0 Å². The van der Waals surface area contributed by atoms with Crippen molar-refractivity contribution in [2.75, 3.05) is 5.01 Å². The van der Waals surface area contributed by atoms with E-state index in [0.29, 0.717) is 5.01 Å². The molecular formula is C21H27N5O6+. The molecule has 0 saturated carbocycles. The molecule has 11 nitrogen and oxygen atoms in total. The van der Waals surface area contributed by atoms with Crippen molar-refractivity contribution in [2.24, 2.45) is 11.7 Å². The Morgan fingerprint density at radius 3 is 2.25 bits per heavy atom. The van der Waals surface area contributed by atoms with Crippen molar-refractivity contribution in [2.45, 2.75) is 58.7 Å². The van der Waals surface area contributed by atoms with Crippen LogP contribution in [-0.4, -0.2) is 47.4 Å². The summed E-state index contributed by atoms with van der Waals surface area (Å²) in [5.41, 5.74) is 5.32. The van der Waals surface area contributed by atoms with Gasteiger partial charge in [-0.15, -0.1) is 0 Å². The summed E-state index contributed by atoms with van der Waals surface area (Å²) in [7, 11) is 0. The molecule has 1 heterocycles. The second-order valence-electron chi connectivity index (χ2n) is 8.02. The molecule has 0 fully saturated rings. The van der Waals surface area contributed by atoms with Gasteiger partial charge in [0.1, 0.15) is 16.6 Å². The van der Waals surface area contributed by atoms with Gasteiger partial charge in [0.15, 0.2) is 11.6 Å². The van der Waals surface area contributed by atoms with E-state index >= 15 is 0 Å². The van der Waals surface area contributed by atoms with Crippen molar-refractivity contribution in [3.63, 3.8) is 0 Å². The Labute approximate surface area is 185 Å². The van der Waals surface area contributed by atoms with Crippen LogP contribution in [0.15, 0.2) is 18.2 Å². The number of fused-ring (bicyclic) bond motifs is 1. The molecule has 0 spiro atoms. The minimum atomic E-state index is -1.03. The first-order valence-electron chi connectivity index (χ1n) is 10.2. The van der Waals surface area contributed by atoms with E-state index in [-0.39, 0.29) is 35.6 Å².